The molecule has 0 bridgehead atoms. The summed E-state index contributed by atoms with van der Waals surface area (Å²) >= 11 is 0. The van der Waals surface area contributed by atoms with Crippen molar-refractivity contribution >= 4 is 15.8 Å². The highest BCUT2D eigenvalue weighted by Crippen LogP contribution is 2.36. The van der Waals surface area contributed by atoms with Gasteiger partial charge in [-0.25, -0.2) is 18.1 Å². The molecule has 2 aromatic rings. The summed E-state index contributed by atoms with van der Waals surface area (Å²) in [6, 6.07) is 12.4. The predicted octanol–water partition coefficient (Wildman–Crippen LogP) is 1.15. The van der Waals surface area contributed by atoms with Gasteiger partial charge in [-0.2, -0.15) is 0 Å². The summed E-state index contributed by atoms with van der Waals surface area (Å²) in [6.07, 6.45) is 3.93. The van der Waals surface area contributed by atoms with E-state index >= 15 is 0 Å². The number of nitrogens with zero attached hydrogens (tertiary/aromatic N) is 2. The molecule has 0 saturated carbocycles. The third-order valence-corrected chi connectivity index (χ3v) is 7.74. The zero-order valence-electron chi connectivity index (χ0n) is 18.8. The van der Waals surface area contributed by atoms with Gasteiger partial charge < -0.3 is 24.8 Å². The molecule has 4 rings (SSSR count). The fourth-order valence-electron chi connectivity index (χ4n) is 4.41. The van der Waals surface area contributed by atoms with Crippen molar-refractivity contribution in [2.24, 2.45) is 0 Å². The van der Waals surface area contributed by atoms with Crippen LogP contribution in [-0.2, 0) is 14.8 Å². The van der Waals surface area contributed by atoms with Crippen molar-refractivity contribution in [2.75, 3.05) is 44.8 Å². The molecule has 0 radical (unpaired) electrons. The summed E-state index contributed by atoms with van der Waals surface area (Å²) in [6.45, 7) is 2.90. The Morgan fingerprint density at radius 3 is 2.82 bits per heavy atom. The van der Waals surface area contributed by atoms with E-state index in [2.05, 4.69) is 19.9 Å². The highest BCUT2D eigenvalue weighted by Gasteiger charge is 2.42. The number of hydrogen-bond donors (Lipinski definition) is 3. The third kappa shape index (κ3) is 6.01. The zero-order chi connectivity index (χ0) is 23.3. The van der Waals surface area contributed by atoms with Gasteiger partial charge in [-0.15, -0.1) is 0 Å². The Bertz CT molecular complexity index is 1010. The van der Waals surface area contributed by atoms with Gasteiger partial charge in [0.25, 0.3) is 0 Å². The summed E-state index contributed by atoms with van der Waals surface area (Å²) in [4.78, 5) is 6.86. The lowest BCUT2D eigenvalue weighted by atomic mass is 9.87. The molecule has 0 aliphatic carbocycles. The molecule has 2 atom stereocenters. The molecule has 180 valence electrons. The molecule has 2 aliphatic heterocycles. The summed E-state index contributed by atoms with van der Waals surface area (Å²) in [7, 11) is -2.18. The Balaban J connectivity index is 1.20. The van der Waals surface area contributed by atoms with Crippen molar-refractivity contribution in [3.63, 3.8) is 0 Å². The molecule has 10 heteroatoms. The van der Waals surface area contributed by atoms with Gasteiger partial charge >= 0.3 is 0 Å². The second-order valence-corrected chi connectivity index (χ2v) is 10.5. The number of benzene rings is 1. The molecule has 2 aliphatic rings. The first kappa shape index (κ1) is 23.9. The van der Waals surface area contributed by atoms with Crippen LogP contribution in [0.25, 0.3) is 0 Å². The van der Waals surface area contributed by atoms with Crippen LogP contribution in [0.1, 0.15) is 19.3 Å². The van der Waals surface area contributed by atoms with Crippen LogP contribution in [-0.4, -0.2) is 76.2 Å². The molecule has 2 fully saturated rings. The van der Waals surface area contributed by atoms with E-state index in [-0.39, 0.29) is 23.1 Å². The second-order valence-electron chi connectivity index (χ2n) is 8.63. The number of rotatable bonds is 9. The Hall–Kier alpha value is -2.24. The minimum atomic E-state index is -3.54. The summed E-state index contributed by atoms with van der Waals surface area (Å²) in [5, 5.41) is 13.7. The Morgan fingerprint density at radius 1 is 1.27 bits per heavy atom. The van der Waals surface area contributed by atoms with Gasteiger partial charge in [0.15, 0.2) is 0 Å². The van der Waals surface area contributed by atoms with E-state index in [4.69, 9.17) is 9.47 Å². The number of pyridine rings is 1. The summed E-state index contributed by atoms with van der Waals surface area (Å²) in [5.41, 5.74) is -0.107. The lowest BCUT2D eigenvalue weighted by molar-refractivity contribution is -0.0151. The number of anilines is 1. The highest BCUT2D eigenvalue weighted by molar-refractivity contribution is 7.89. The molecule has 2 saturated heterocycles. The number of piperidine rings is 1. The summed E-state index contributed by atoms with van der Waals surface area (Å²) < 4.78 is 37.9. The molecule has 1 aromatic heterocycles. The van der Waals surface area contributed by atoms with Crippen LogP contribution in [0, 0.1) is 0 Å². The van der Waals surface area contributed by atoms with E-state index in [0.717, 1.165) is 38.2 Å². The molecular weight excluding hydrogens is 444 g/mol. The fourth-order valence-corrected chi connectivity index (χ4v) is 5.18. The molecule has 0 unspecified atom stereocenters. The number of ether oxygens (including phenoxy) is 2. The standard InChI is InChI=1S/C23H32N4O5S/c1-24-33(29,30)21-6-4-5-20(13-21)31-17-19(28)15-26-18-14-23(32-16-18)8-11-27(12-9-23)22-7-2-3-10-25-22/h2-7,10,13,18-19,24,26,28H,8-9,11-12,14-17H2,1H3/t18-,19+/m1/s1. The maximum Gasteiger partial charge on any atom is 0.240 e. The van der Waals surface area contributed by atoms with Gasteiger partial charge in [-0.05, 0) is 50.6 Å². The quantitative estimate of drug-likeness (QED) is 0.494. The summed E-state index contributed by atoms with van der Waals surface area (Å²) in [5.74, 6) is 1.41. The average Bonchev–Trinajstić information content (AvgIpc) is 3.25. The van der Waals surface area contributed by atoms with Gasteiger partial charge in [-0.1, -0.05) is 12.1 Å². The van der Waals surface area contributed by atoms with Crippen molar-refractivity contribution in [2.45, 2.75) is 41.9 Å². The van der Waals surface area contributed by atoms with E-state index in [9.17, 15) is 13.5 Å². The number of aliphatic hydroxyl groups is 1. The van der Waals surface area contributed by atoms with E-state index in [1.807, 2.05) is 24.4 Å². The van der Waals surface area contributed by atoms with Crippen LogP contribution in [0.5, 0.6) is 5.75 Å². The number of nitrogens with one attached hydrogen (secondary N) is 2. The number of aromatic nitrogens is 1. The second kappa shape index (κ2) is 10.4. The normalized spacial score (nSPS) is 21.3. The minimum absolute atomic E-state index is 0.0633. The highest BCUT2D eigenvalue weighted by atomic mass is 32.2. The van der Waals surface area contributed by atoms with Crippen molar-refractivity contribution < 1.29 is 23.0 Å². The smallest absolute Gasteiger partial charge is 0.240 e. The maximum absolute atomic E-state index is 11.9. The van der Waals surface area contributed by atoms with Crippen molar-refractivity contribution in [3.8, 4) is 5.75 Å². The number of hydrogen-bond acceptors (Lipinski definition) is 8. The Kier molecular flexibility index (Phi) is 7.50. The molecule has 3 N–H and O–H groups in total. The first-order valence-corrected chi connectivity index (χ1v) is 12.8. The number of aliphatic hydroxyl groups excluding tert-OH is 1. The number of sulfonamides is 1. The first-order chi connectivity index (χ1) is 15.9. The van der Waals surface area contributed by atoms with Crippen LogP contribution in [0.15, 0.2) is 53.6 Å². The van der Waals surface area contributed by atoms with Gasteiger partial charge in [0, 0.05) is 37.9 Å². The molecule has 33 heavy (non-hydrogen) atoms. The maximum atomic E-state index is 11.9. The van der Waals surface area contributed by atoms with Crippen LogP contribution in [0.4, 0.5) is 5.82 Å². The topological polar surface area (TPSA) is 113 Å². The molecular formula is C23H32N4O5S. The van der Waals surface area contributed by atoms with Crippen LogP contribution >= 0.6 is 0 Å². The lowest BCUT2D eigenvalue weighted by Gasteiger charge is -2.39. The van der Waals surface area contributed by atoms with E-state index in [1.54, 1.807) is 12.1 Å². The SMILES string of the molecule is CNS(=O)(=O)c1cccc(OC[C@@H](O)CN[C@H]2COC3(CCN(c4ccccn4)CC3)C2)c1. The van der Waals surface area contributed by atoms with Gasteiger partial charge in [0.05, 0.1) is 17.1 Å². The van der Waals surface area contributed by atoms with Crippen LogP contribution < -0.4 is 19.7 Å². The van der Waals surface area contributed by atoms with E-state index in [0.29, 0.717) is 18.9 Å². The average molecular weight is 477 g/mol. The van der Waals surface area contributed by atoms with Gasteiger partial charge in [0.2, 0.25) is 10.0 Å². The largest absolute Gasteiger partial charge is 0.491 e. The Morgan fingerprint density at radius 2 is 2.09 bits per heavy atom. The molecule has 0 amide bonds. The zero-order valence-corrected chi connectivity index (χ0v) is 19.6. The van der Waals surface area contributed by atoms with Crippen LogP contribution in [0.3, 0.4) is 0 Å². The van der Waals surface area contributed by atoms with Gasteiger partial charge in [0.1, 0.15) is 24.3 Å². The van der Waals surface area contributed by atoms with Crippen molar-refractivity contribution in [3.05, 3.63) is 48.7 Å². The van der Waals surface area contributed by atoms with E-state index < -0.39 is 16.1 Å². The van der Waals surface area contributed by atoms with Crippen molar-refractivity contribution in [1.82, 2.24) is 15.0 Å². The molecule has 9 nitrogen and oxygen atoms in total. The lowest BCUT2D eigenvalue weighted by Crippen LogP contribution is -2.45. The van der Waals surface area contributed by atoms with Gasteiger partial charge in [-0.3, -0.25) is 0 Å². The van der Waals surface area contributed by atoms with Crippen LogP contribution in [0.2, 0.25) is 0 Å². The monoisotopic (exact) mass is 476 g/mol. The Labute approximate surface area is 195 Å². The first-order valence-electron chi connectivity index (χ1n) is 11.3. The molecule has 1 spiro atoms. The van der Waals surface area contributed by atoms with E-state index in [1.165, 1.54) is 19.2 Å². The van der Waals surface area contributed by atoms with Crippen molar-refractivity contribution in [1.29, 1.82) is 0 Å². The predicted molar refractivity (Wildman–Crippen MR) is 125 cm³/mol. The molecule has 1 aromatic carbocycles. The molecule has 3 heterocycles. The fraction of sp³-hybridized carbons (Fsp3) is 0.522. The minimum Gasteiger partial charge on any atom is -0.491 e. The third-order valence-electron chi connectivity index (χ3n) is 6.33.